The SMILES string of the molecule is C[C@H]1OCCN[C@@H]1C(=O)N1CCOC(c2nccs2)C1.Cl.Cl. The van der Waals surface area contributed by atoms with Crippen LogP contribution in [0.5, 0.6) is 0 Å². The lowest BCUT2D eigenvalue weighted by Crippen LogP contribution is -2.58. The molecule has 6 nitrogen and oxygen atoms in total. The van der Waals surface area contributed by atoms with Crippen molar-refractivity contribution in [2.24, 2.45) is 0 Å². The van der Waals surface area contributed by atoms with Gasteiger partial charge in [-0.15, -0.1) is 36.2 Å². The number of morpholine rings is 2. The number of rotatable bonds is 2. The van der Waals surface area contributed by atoms with Crippen LogP contribution < -0.4 is 5.32 Å². The summed E-state index contributed by atoms with van der Waals surface area (Å²) >= 11 is 1.56. The Labute approximate surface area is 146 Å². The van der Waals surface area contributed by atoms with Gasteiger partial charge in [0.25, 0.3) is 0 Å². The smallest absolute Gasteiger partial charge is 0.242 e. The first kappa shape index (κ1) is 19.6. The molecular formula is C13H21Cl2N3O3S. The van der Waals surface area contributed by atoms with Crippen molar-refractivity contribution < 1.29 is 14.3 Å². The molecule has 1 amide bonds. The fourth-order valence-corrected chi connectivity index (χ4v) is 3.28. The maximum absolute atomic E-state index is 12.6. The van der Waals surface area contributed by atoms with Gasteiger partial charge >= 0.3 is 0 Å². The van der Waals surface area contributed by atoms with Crippen LogP contribution in [0.3, 0.4) is 0 Å². The molecule has 3 heterocycles. The van der Waals surface area contributed by atoms with Crippen molar-refractivity contribution in [1.82, 2.24) is 15.2 Å². The molecule has 0 saturated carbocycles. The minimum absolute atomic E-state index is 0. The average molecular weight is 370 g/mol. The molecule has 2 saturated heterocycles. The maximum atomic E-state index is 12.6. The minimum atomic E-state index is -0.251. The van der Waals surface area contributed by atoms with Crippen LogP contribution in [-0.2, 0) is 14.3 Å². The number of aromatic nitrogens is 1. The number of carbonyl (C=O) groups is 1. The molecule has 1 unspecified atom stereocenters. The lowest BCUT2D eigenvalue weighted by atomic mass is 10.1. The Morgan fingerprint density at radius 3 is 2.91 bits per heavy atom. The summed E-state index contributed by atoms with van der Waals surface area (Å²) in [7, 11) is 0. The Morgan fingerprint density at radius 2 is 2.23 bits per heavy atom. The van der Waals surface area contributed by atoms with E-state index in [4.69, 9.17) is 9.47 Å². The second-order valence-electron chi connectivity index (χ2n) is 5.02. The molecule has 22 heavy (non-hydrogen) atoms. The van der Waals surface area contributed by atoms with Crippen LogP contribution >= 0.6 is 36.2 Å². The average Bonchev–Trinajstić information content (AvgIpc) is 3.01. The van der Waals surface area contributed by atoms with Gasteiger partial charge in [0.1, 0.15) is 17.2 Å². The van der Waals surface area contributed by atoms with Gasteiger partial charge in [0.05, 0.1) is 25.9 Å². The van der Waals surface area contributed by atoms with Gasteiger partial charge in [0.2, 0.25) is 5.91 Å². The molecule has 0 spiro atoms. The Bertz CT molecular complexity index is 463. The number of thiazole rings is 1. The lowest BCUT2D eigenvalue weighted by Gasteiger charge is -2.37. The summed E-state index contributed by atoms with van der Waals surface area (Å²) in [6.45, 7) is 5.07. The summed E-state index contributed by atoms with van der Waals surface area (Å²) in [5, 5.41) is 6.11. The van der Waals surface area contributed by atoms with E-state index in [0.29, 0.717) is 26.3 Å². The number of hydrogen-bond acceptors (Lipinski definition) is 6. The van der Waals surface area contributed by atoms with Crippen molar-refractivity contribution in [1.29, 1.82) is 0 Å². The van der Waals surface area contributed by atoms with Crippen molar-refractivity contribution >= 4 is 42.1 Å². The molecule has 1 aromatic rings. The van der Waals surface area contributed by atoms with Crippen LogP contribution in [0.1, 0.15) is 18.0 Å². The summed E-state index contributed by atoms with van der Waals surface area (Å²) in [6, 6.07) is -0.251. The van der Waals surface area contributed by atoms with Crippen molar-refractivity contribution in [3.8, 4) is 0 Å². The van der Waals surface area contributed by atoms with Crippen LogP contribution in [0.15, 0.2) is 11.6 Å². The van der Waals surface area contributed by atoms with Crippen molar-refractivity contribution in [3.05, 3.63) is 16.6 Å². The second kappa shape index (κ2) is 9.00. The van der Waals surface area contributed by atoms with Gasteiger partial charge in [-0.1, -0.05) is 0 Å². The number of nitrogens with one attached hydrogen (secondary N) is 1. The first-order chi connectivity index (χ1) is 9.75. The van der Waals surface area contributed by atoms with Gasteiger partial charge in [-0.25, -0.2) is 4.98 Å². The lowest BCUT2D eigenvalue weighted by molar-refractivity contribution is -0.147. The van der Waals surface area contributed by atoms with Crippen LogP contribution in [0.4, 0.5) is 0 Å². The molecule has 2 fully saturated rings. The highest BCUT2D eigenvalue weighted by atomic mass is 35.5. The van der Waals surface area contributed by atoms with E-state index in [0.717, 1.165) is 11.6 Å². The van der Waals surface area contributed by atoms with E-state index in [1.807, 2.05) is 17.2 Å². The number of nitrogens with zero attached hydrogens (tertiary/aromatic N) is 2. The van der Waals surface area contributed by atoms with Crippen LogP contribution in [0.2, 0.25) is 0 Å². The van der Waals surface area contributed by atoms with Gasteiger partial charge in [-0.3, -0.25) is 4.79 Å². The highest BCUT2D eigenvalue weighted by Gasteiger charge is 2.35. The van der Waals surface area contributed by atoms with E-state index in [1.54, 1.807) is 17.5 Å². The Hall–Kier alpha value is -0.440. The third-order valence-corrected chi connectivity index (χ3v) is 4.56. The quantitative estimate of drug-likeness (QED) is 0.850. The summed E-state index contributed by atoms with van der Waals surface area (Å²) in [6.07, 6.45) is 1.58. The molecule has 2 aliphatic rings. The van der Waals surface area contributed by atoms with E-state index in [-0.39, 0.29) is 49.0 Å². The van der Waals surface area contributed by atoms with E-state index in [1.165, 1.54) is 0 Å². The Morgan fingerprint density at radius 1 is 1.41 bits per heavy atom. The molecule has 3 atom stereocenters. The topological polar surface area (TPSA) is 63.7 Å². The summed E-state index contributed by atoms with van der Waals surface area (Å²) in [5.41, 5.74) is 0. The number of ether oxygens (including phenoxy) is 2. The van der Waals surface area contributed by atoms with Crippen molar-refractivity contribution in [2.45, 2.75) is 25.2 Å². The van der Waals surface area contributed by atoms with E-state index >= 15 is 0 Å². The molecule has 126 valence electrons. The third kappa shape index (κ3) is 4.31. The largest absolute Gasteiger partial charge is 0.375 e. The van der Waals surface area contributed by atoms with Gasteiger partial charge in [0.15, 0.2) is 0 Å². The van der Waals surface area contributed by atoms with Gasteiger partial charge in [0, 0.05) is 24.7 Å². The van der Waals surface area contributed by atoms with Crippen molar-refractivity contribution in [3.63, 3.8) is 0 Å². The maximum Gasteiger partial charge on any atom is 0.242 e. The van der Waals surface area contributed by atoms with Crippen LogP contribution in [-0.4, -0.2) is 60.8 Å². The first-order valence-electron chi connectivity index (χ1n) is 6.90. The normalized spacial score (nSPS) is 28.4. The number of carbonyl (C=O) groups excluding carboxylic acids is 1. The number of amides is 1. The standard InChI is InChI=1S/C13H19N3O3S.2ClH/c1-9-11(14-2-5-18-9)13(17)16-4-6-19-10(8-16)12-15-3-7-20-12;;/h3,7,9-11,14H,2,4-6,8H2,1H3;2*1H/t9-,10?,11+;;/m1../s1. The number of hydrogen-bond donors (Lipinski definition) is 1. The zero-order chi connectivity index (χ0) is 13.9. The monoisotopic (exact) mass is 369 g/mol. The molecule has 9 heteroatoms. The third-order valence-electron chi connectivity index (χ3n) is 3.69. The predicted molar refractivity (Wildman–Crippen MR) is 89.1 cm³/mol. The van der Waals surface area contributed by atoms with Gasteiger partial charge in [-0.05, 0) is 6.92 Å². The Balaban J connectivity index is 0.00000121. The van der Waals surface area contributed by atoms with E-state index in [2.05, 4.69) is 10.3 Å². The first-order valence-corrected chi connectivity index (χ1v) is 7.78. The highest BCUT2D eigenvalue weighted by Crippen LogP contribution is 2.24. The fourth-order valence-electron chi connectivity index (χ4n) is 2.60. The van der Waals surface area contributed by atoms with Gasteiger partial charge < -0.3 is 19.7 Å². The van der Waals surface area contributed by atoms with Crippen LogP contribution in [0, 0.1) is 0 Å². The molecule has 1 aromatic heterocycles. The van der Waals surface area contributed by atoms with Gasteiger partial charge in [-0.2, -0.15) is 0 Å². The highest BCUT2D eigenvalue weighted by molar-refractivity contribution is 7.09. The second-order valence-corrected chi connectivity index (χ2v) is 5.95. The predicted octanol–water partition coefficient (Wildman–Crippen LogP) is 1.26. The van der Waals surface area contributed by atoms with Crippen molar-refractivity contribution in [2.75, 3.05) is 32.8 Å². The molecule has 0 aromatic carbocycles. The summed E-state index contributed by atoms with van der Waals surface area (Å²) < 4.78 is 11.3. The zero-order valence-electron chi connectivity index (χ0n) is 12.3. The number of halogens is 2. The molecule has 0 radical (unpaired) electrons. The molecule has 0 bridgehead atoms. The van der Waals surface area contributed by atoms with Crippen LogP contribution in [0.25, 0.3) is 0 Å². The molecule has 2 aliphatic heterocycles. The summed E-state index contributed by atoms with van der Waals surface area (Å²) in [4.78, 5) is 18.7. The van der Waals surface area contributed by atoms with E-state index < -0.39 is 0 Å². The molecule has 1 N–H and O–H groups in total. The Kier molecular flexibility index (Phi) is 8.02. The summed E-state index contributed by atoms with van der Waals surface area (Å²) in [5.74, 6) is 0.0991. The molecule has 0 aliphatic carbocycles. The minimum Gasteiger partial charge on any atom is -0.375 e. The fraction of sp³-hybridized carbons (Fsp3) is 0.692. The molecule has 3 rings (SSSR count). The van der Waals surface area contributed by atoms with E-state index in [9.17, 15) is 4.79 Å². The molecular weight excluding hydrogens is 349 g/mol. The zero-order valence-corrected chi connectivity index (χ0v) is 14.7.